The molecule has 3 saturated heterocycles. The molecule has 3 aliphatic heterocycles. The quantitative estimate of drug-likeness (QED) is 0.676. The molecule has 20 heavy (non-hydrogen) atoms. The minimum atomic E-state index is 0.814. The van der Waals surface area contributed by atoms with Crippen LogP contribution in [0.25, 0.3) is 0 Å². The summed E-state index contributed by atoms with van der Waals surface area (Å²) < 4.78 is 15.4. The van der Waals surface area contributed by atoms with Gasteiger partial charge in [0, 0.05) is 39.6 Å². The zero-order chi connectivity index (χ0) is 14.6. The average Bonchev–Trinajstić information content (AvgIpc) is 2.93. The summed E-state index contributed by atoms with van der Waals surface area (Å²) in [7, 11) is 0. The van der Waals surface area contributed by atoms with E-state index in [-0.39, 0.29) is 0 Å². The summed E-state index contributed by atoms with van der Waals surface area (Å²) >= 11 is 0. The van der Waals surface area contributed by atoms with Gasteiger partial charge in [0.15, 0.2) is 0 Å². The summed E-state index contributed by atoms with van der Waals surface area (Å²) in [5.74, 6) is 2.55. The third-order valence-corrected chi connectivity index (χ3v) is 4.06. The topological polar surface area (TPSA) is 27.7 Å². The highest BCUT2D eigenvalue weighted by Gasteiger charge is 2.08. The summed E-state index contributed by atoms with van der Waals surface area (Å²) in [5.41, 5.74) is 0. The van der Waals surface area contributed by atoms with Crippen LogP contribution >= 0.6 is 0 Å². The molecule has 0 spiro atoms. The molecule has 3 nitrogen and oxygen atoms in total. The first-order valence-electron chi connectivity index (χ1n) is 8.41. The molecule has 0 bridgehead atoms. The van der Waals surface area contributed by atoms with Gasteiger partial charge >= 0.3 is 0 Å². The molecule has 0 radical (unpaired) electrons. The Morgan fingerprint density at radius 3 is 1.30 bits per heavy atom. The molecule has 0 aromatic rings. The van der Waals surface area contributed by atoms with Crippen molar-refractivity contribution in [3.63, 3.8) is 0 Å². The van der Waals surface area contributed by atoms with Crippen LogP contribution in [0.1, 0.15) is 52.9 Å². The molecule has 120 valence electrons. The molecule has 0 aliphatic carbocycles. The van der Waals surface area contributed by atoms with Gasteiger partial charge in [0.05, 0.1) is 0 Å². The highest BCUT2D eigenvalue weighted by atomic mass is 16.5. The van der Waals surface area contributed by atoms with E-state index in [0.29, 0.717) is 0 Å². The third kappa shape index (κ3) is 9.73. The maximum atomic E-state index is 5.18. The normalized spacial score (nSPS) is 30.8. The highest BCUT2D eigenvalue weighted by molar-refractivity contribution is 4.57. The van der Waals surface area contributed by atoms with Crippen LogP contribution < -0.4 is 0 Å². The second kappa shape index (κ2) is 11.5. The molecule has 3 heteroatoms. The van der Waals surface area contributed by atoms with Crippen LogP contribution in [0.4, 0.5) is 0 Å². The van der Waals surface area contributed by atoms with Gasteiger partial charge in [0.25, 0.3) is 0 Å². The Hall–Kier alpha value is -0.120. The smallest absolute Gasteiger partial charge is 0.0492 e. The first-order valence-corrected chi connectivity index (χ1v) is 8.41. The van der Waals surface area contributed by atoms with Crippen molar-refractivity contribution in [1.29, 1.82) is 0 Å². The molecule has 0 amide bonds. The fourth-order valence-corrected chi connectivity index (χ4v) is 2.37. The summed E-state index contributed by atoms with van der Waals surface area (Å²) in [4.78, 5) is 0. The van der Waals surface area contributed by atoms with Gasteiger partial charge in [-0.3, -0.25) is 0 Å². The number of ether oxygens (including phenoxy) is 3. The molecule has 0 aromatic heterocycles. The fourth-order valence-electron chi connectivity index (χ4n) is 2.37. The van der Waals surface area contributed by atoms with E-state index >= 15 is 0 Å². The maximum absolute atomic E-state index is 5.18. The van der Waals surface area contributed by atoms with E-state index in [0.717, 1.165) is 57.4 Å². The lowest BCUT2D eigenvalue weighted by Gasteiger charge is -2.16. The molecule has 0 aromatic carbocycles. The number of hydrogen-bond acceptors (Lipinski definition) is 3. The van der Waals surface area contributed by atoms with Crippen molar-refractivity contribution in [3.8, 4) is 0 Å². The first-order chi connectivity index (χ1) is 9.68. The highest BCUT2D eigenvalue weighted by Crippen LogP contribution is 2.12. The van der Waals surface area contributed by atoms with Crippen LogP contribution in [0, 0.1) is 17.8 Å². The number of rotatable bonds is 0. The second-order valence-electron chi connectivity index (χ2n) is 6.59. The van der Waals surface area contributed by atoms with Crippen molar-refractivity contribution >= 4 is 0 Å². The van der Waals surface area contributed by atoms with Gasteiger partial charge in [-0.15, -0.1) is 0 Å². The van der Waals surface area contributed by atoms with Crippen LogP contribution in [-0.4, -0.2) is 39.6 Å². The second-order valence-corrected chi connectivity index (χ2v) is 6.59. The average molecular weight is 286 g/mol. The molecule has 0 N–H and O–H groups in total. The Balaban J connectivity index is 0.000000151. The van der Waals surface area contributed by atoms with Crippen molar-refractivity contribution < 1.29 is 14.2 Å². The Morgan fingerprint density at radius 2 is 1.05 bits per heavy atom. The molecular formula is C17H34O3. The van der Waals surface area contributed by atoms with Crippen molar-refractivity contribution in [3.05, 3.63) is 0 Å². The molecule has 3 aliphatic rings. The largest absolute Gasteiger partial charge is 0.381 e. The van der Waals surface area contributed by atoms with E-state index in [2.05, 4.69) is 20.8 Å². The lowest BCUT2D eigenvalue weighted by molar-refractivity contribution is 0.0616. The summed E-state index contributed by atoms with van der Waals surface area (Å²) in [5, 5.41) is 0. The van der Waals surface area contributed by atoms with Gasteiger partial charge in [0.1, 0.15) is 0 Å². The van der Waals surface area contributed by atoms with Crippen molar-refractivity contribution in [2.75, 3.05) is 39.6 Å². The molecule has 2 atom stereocenters. The van der Waals surface area contributed by atoms with E-state index in [1.54, 1.807) is 0 Å². The summed E-state index contributed by atoms with van der Waals surface area (Å²) in [6.45, 7) is 12.7. The molecule has 3 rings (SSSR count). The predicted molar refractivity (Wildman–Crippen MR) is 83.0 cm³/mol. The van der Waals surface area contributed by atoms with E-state index in [1.165, 1.54) is 32.1 Å². The predicted octanol–water partition coefficient (Wildman–Crippen LogP) is 3.91. The van der Waals surface area contributed by atoms with E-state index in [4.69, 9.17) is 14.2 Å². The van der Waals surface area contributed by atoms with Crippen molar-refractivity contribution in [1.82, 2.24) is 0 Å². The zero-order valence-electron chi connectivity index (χ0n) is 13.7. The van der Waals surface area contributed by atoms with E-state index in [9.17, 15) is 0 Å². The zero-order valence-corrected chi connectivity index (χ0v) is 13.7. The van der Waals surface area contributed by atoms with Crippen LogP contribution in [0.15, 0.2) is 0 Å². The minimum absolute atomic E-state index is 0.814. The fraction of sp³-hybridized carbons (Fsp3) is 1.00. The maximum Gasteiger partial charge on any atom is 0.0492 e. The summed E-state index contributed by atoms with van der Waals surface area (Å²) in [6, 6.07) is 0. The van der Waals surface area contributed by atoms with Crippen LogP contribution in [0.5, 0.6) is 0 Å². The summed E-state index contributed by atoms with van der Waals surface area (Å²) in [6.07, 6.45) is 6.42. The number of hydrogen-bond donors (Lipinski definition) is 0. The molecular weight excluding hydrogens is 252 g/mol. The van der Waals surface area contributed by atoms with E-state index < -0.39 is 0 Å². The van der Waals surface area contributed by atoms with Gasteiger partial charge in [0.2, 0.25) is 0 Å². The Bertz CT molecular complexity index is 186. The van der Waals surface area contributed by atoms with Gasteiger partial charge in [-0.2, -0.15) is 0 Å². The Kier molecular flexibility index (Phi) is 10.3. The van der Waals surface area contributed by atoms with Crippen molar-refractivity contribution in [2.45, 2.75) is 52.9 Å². The lowest BCUT2D eigenvalue weighted by atomic mass is 10.0. The minimum Gasteiger partial charge on any atom is -0.381 e. The standard InChI is InChI=1S/2C6H12O.C5H10O/c1-6-2-4-7-5-3-6;1-6-3-2-4-7-5-6;1-5-2-3-6-4-5/h2*6H,2-5H2,1H3;5H,2-4H2,1H3. The first kappa shape index (κ1) is 17.9. The van der Waals surface area contributed by atoms with Gasteiger partial charge < -0.3 is 14.2 Å². The van der Waals surface area contributed by atoms with Crippen LogP contribution in [0.3, 0.4) is 0 Å². The van der Waals surface area contributed by atoms with Crippen LogP contribution in [0.2, 0.25) is 0 Å². The lowest BCUT2D eigenvalue weighted by Crippen LogP contribution is -2.13. The van der Waals surface area contributed by atoms with Crippen molar-refractivity contribution in [2.24, 2.45) is 17.8 Å². The molecule has 3 fully saturated rings. The molecule has 3 heterocycles. The van der Waals surface area contributed by atoms with Gasteiger partial charge in [-0.1, -0.05) is 20.8 Å². The molecule has 2 unspecified atom stereocenters. The Morgan fingerprint density at radius 1 is 0.550 bits per heavy atom. The van der Waals surface area contributed by atoms with Gasteiger partial charge in [-0.05, 0) is 49.9 Å². The Labute approximate surface area is 125 Å². The monoisotopic (exact) mass is 286 g/mol. The van der Waals surface area contributed by atoms with Gasteiger partial charge in [-0.25, -0.2) is 0 Å². The SMILES string of the molecule is CC1CCCOC1.CC1CCOC1.CC1CCOCC1. The van der Waals surface area contributed by atoms with Crippen LogP contribution in [-0.2, 0) is 14.2 Å². The third-order valence-electron chi connectivity index (χ3n) is 4.06. The molecule has 0 saturated carbocycles. The van der Waals surface area contributed by atoms with E-state index in [1.807, 2.05) is 0 Å².